The van der Waals surface area contributed by atoms with E-state index in [2.05, 4.69) is 0 Å². The van der Waals surface area contributed by atoms with E-state index in [4.69, 9.17) is 16.3 Å². The van der Waals surface area contributed by atoms with Crippen molar-refractivity contribution in [3.05, 3.63) is 63.2 Å². The van der Waals surface area contributed by atoms with E-state index in [9.17, 15) is 35.9 Å². The number of carbonyl (C=O) groups excluding carboxylic acids is 2. The highest BCUT2D eigenvalue weighted by molar-refractivity contribution is 6.31. The van der Waals surface area contributed by atoms with Crippen molar-refractivity contribution in [2.75, 3.05) is 11.4 Å². The van der Waals surface area contributed by atoms with Gasteiger partial charge in [-0.1, -0.05) is 17.7 Å². The lowest BCUT2D eigenvalue weighted by molar-refractivity contribution is -0.143. The van der Waals surface area contributed by atoms with Crippen molar-refractivity contribution in [2.24, 2.45) is 0 Å². The summed E-state index contributed by atoms with van der Waals surface area (Å²) in [5, 5.41) is 0.341. The molecule has 1 atom stereocenters. The van der Waals surface area contributed by atoms with Crippen LogP contribution in [-0.2, 0) is 28.4 Å². The Hall–Kier alpha value is -2.95. The van der Waals surface area contributed by atoms with E-state index < -0.39 is 54.2 Å². The third kappa shape index (κ3) is 6.73. The van der Waals surface area contributed by atoms with Crippen LogP contribution in [0.15, 0.2) is 30.3 Å². The van der Waals surface area contributed by atoms with Gasteiger partial charge in [-0.2, -0.15) is 26.3 Å². The molecule has 0 N–H and O–H groups in total. The van der Waals surface area contributed by atoms with Gasteiger partial charge in [0.2, 0.25) is 5.91 Å². The van der Waals surface area contributed by atoms with Gasteiger partial charge in [-0.05, 0) is 74.6 Å². The fourth-order valence-corrected chi connectivity index (χ4v) is 4.60. The molecule has 0 saturated carbocycles. The van der Waals surface area contributed by atoms with Crippen molar-refractivity contribution >= 4 is 29.3 Å². The number of rotatable bonds is 4. The first-order valence-corrected chi connectivity index (χ1v) is 12.2. The average Bonchev–Trinajstić information content (AvgIpc) is 2.95. The highest BCUT2D eigenvalue weighted by Crippen LogP contribution is 2.42. The molecule has 0 fully saturated rings. The molecule has 1 unspecified atom stereocenters. The molecule has 0 aliphatic carbocycles. The highest BCUT2D eigenvalue weighted by atomic mass is 35.5. The molecule has 1 aliphatic heterocycles. The standard InChI is InChI=1S/C26H27ClF6N2O3/c1-14(2)38-24(37)34-7-5-6-22(20-8-15(3)21(27)12-23(20)34)35(16(4)36)13-17-9-18(25(28,29)30)11-19(10-17)26(31,32)33/h8-12,14,22H,5-7,13H2,1-4H3. The Morgan fingerprint density at radius 2 is 1.63 bits per heavy atom. The molecule has 2 aromatic rings. The third-order valence-electron chi connectivity index (χ3n) is 6.15. The van der Waals surface area contributed by atoms with Gasteiger partial charge in [-0.25, -0.2) is 4.79 Å². The number of amides is 2. The van der Waals surface area contributed by atoms with Crippen molar-refractivity contribution in [2.45, 2.75) is 71.6 Å². The van der Waals surface area contributed by atoms with Crippen LogP contribution in [-0.4, -0.2) is 29.5 Å². The summed E-state index contributed by atoms with van der Waals surface area (Å²) in [7, 11) is 0. The topological polar surface area (TPSA) is 49.9 Å². The van der Waals surface area contributed by atoms with Crippen LogP contribution in [0.3, 0.4) is 0 Å². The molecular formula is C26H27ClF6N2O3. The van der Waals surface area contributed by atoms with Crippen molar-refractivity contribution in [1.82, 2.24) is 4.90 Å². The number of alkyl halides is 6. The van der Waals surface area contributed by atoms with E-state index in [1.165, 1.54) is 16.7 Å². The Morgan fingerprint density at radius 3 is 2.13 bits per heavy atom. The fraction of sp³-hybridized carbons (Fsp3) is 0.462. The van der Waals surface area contributed by atoms with Crippen LogP contribution in [0.2, 0.25) is 5.02 Å². The zero-order valence-electron chi connectivity index (χ0n) is 21.1. The first-order chi connectivity index (χ1) is 17.5. The van der Waals surface area contributed by atoms with Crippen LogP contribution in [0, 0.1) is 6.92 Å². The molecule has 0 bridgehead atoms. The lowest BCUT2D eigenvalue weighted by Crippen LogP contribution is -2.35. The Bertz CT molecular complexity index is 1180. The van der Waals surface area contributed by atoms with E-state index in [1.54, 1.807) is 32.9 Å². The van der Waals surface area contributed by atoms with Crippen LogP contribution >= 0.6 is 11.6 Å². The van der Waals surface area contributed by atoms with Crippen molar-refractivity contribution < 1.29 is 40.7 Å². The molecule has 12 heteroatoms. The van der Waals surface area contributed by atoms with Gasteiger partial charge in [-0.3, -0.25) is 9.69 Å². The second kappa shape index (κ2) is 11.0. The average molecular weight is 565 g/mol. The predicted molar refractivity (Wildman–Crippen MR) is 130 cm³/mol. The summed E-state index contributed by atoms with van der Waals surface area (Å²) < 4.78 is 85.9. The number of carbonyl (C=O) groups is 2. The summed E-state index contributed by atoms with van der Waals surface area (Å²) in [6, 6.07) is 3.75. The monoisotopic (exact) mass is 564 g/mol. The normalized spacial score (nSPS) is 16.2. The van der Waals surface area contributed by atoms with Gasteiger partial charge in [0.25, 0.3) is 0 Å². The molecule has 38 heavy (non-hydrogen) atoms. The molecule has 2 amide bonds. The molecule has 0 aromatic heterocycles. The predicted octanol–water partition coefficient (Wildman–Crippen LogP) is 7.92. The van der Waals surface area contributed by atoms with Crippen LogP contribution in [0.25, 0.3) is 0 Å². The lowest BCUT2D eigenvalue weighted by Gasteiger charge is -2.33. The number of fused-ring (bicyclic) bond motifs is 1. The summed E-state index contributed by atoms with van der Waals surface area (Å²) >= 11 is 6.34. The minimum Gasteiger partial charge on any atom is -0.446 e. The van der Waals surface area contributed by atoms with Gasteiger partial charge in [0, 0.05) is 25.0 Å². The van der Waals surface area contributed by atoms with E-state index in [0.29, 0.717) is 46.8 Å². The van der Waals surface area contributed by atoms with Crippen molar-refractivity contribution in [1.29, 1.82) is 0 Å². The summed E-state index contributed by atoms with van der Waals surface area (Å²) in [5.74, 6) is -0.558. The van der Waals surface area contributed by atoms with E-state index in [0.717, 1.165) is 0 Å². The van der Waals surface area contributed by atoms with E-state index >= 15 is 0 Å². The number of hydrogen-bond donors (Lipinski definition) is 0. The maximum absolute atomic E-state index is 13.4. The minimum absolute atomic E-state index is 0.0477. The Kier molecular flexibility index (Phi) is 8.60. The summed E-state index contributed by atoms with van der Waals surface area (Å²) in [6.45, 7) is 5.97. The molecule has 0 radical (unpaired) electrons. The molecule has 5 nitrogen and oxygen atoms in total. The summed E-state index contributed by atoms with van der Waals surface area (Å²) in [5.41, 5.74) is -1.77. The molecular weight excluding hydrogens is 538 g/mol. The first-order valence-electron chi connectivity index (χ1n) is 11.8. The van der Waals surface area contributed by atoms with Crippen LogP contribution in [0.5, 0.6) is 0 Å². The maximum atomic E-state index is 13.4. The Morgan fingerprint density at radius 1 is 1.05 bits per heavy atom. The number of halogens is 7. The molecule has 208 valence electrons. The quantitative estimate of drug-likeness (QED) is 0.354. The maximum Gasteiger partial charge on any atom is 0.416 e. The minimum atomic E-state index is -5.02. The van der Waals surface area contributed by atoms with Crippen LogP contribution < -0.4 is 4.90 Å². The summed E-state index contributed by atoms with van der Waals surface area (Å²) in [6.07, 6.45) is -10.4. The van der Waals surface area contributed by atoms with Crippen LogP contribution in [0.1, 0.15) is 67.5 Å². The molecule has 0 spiro atoms. The lowest BCUT2D eigenvalue weighted by atomic mass is 9.96. The summed E-state index contributed by atoms with van der Waals surface area (Å²) in [4.78, 5) is 28.2. The molecule has 0 saturated heterocycles. The molecule has 1 aliphatic rings. The number of ether oxygens (including phenoxy) is 1. The number of nitrogens with zero attached hydrogens (tertiary/aromatic N) is 2. The largest absolute Gasteiger partial charge is 0.446 e. The number of aryl methyl sites for hydroxylation is 1. The van der Waals surface area contributed by atoms with Gasteiger partial charge in [-0.15, -0.1) is 0 Å². The number of hydrogen-bond acceptors (Lipinski definition) is 3. The van der Waals surface area contributed by atoms with Gasteiger partial charge in [0.1, 0.15) is 0 Å². The SMILES string of the molecule is CC(=O)N(Cc1cc(C(F)(F)F)cc(C(F)(F)F)c1)C1CCCN(C(=O)OC(C)C)c2cc(Cl)c(C)cc21. The Balaban J connectivity index is 2.12. The smallest absolute Gasteiger partial charge is 0.416 e. The molecule has 3 rings (SSSR count). The van der Waals surface area contributed by atoms with E-state index in [-0.39, 0.29) is 18.2 Å². The van der Waals surface area contributed by atoms with Crippen LogP contribution in [0.4, 0.5) is 36.8 Å². The highest BCUT2D eigenvalue weighted by Gasteiger charge is 2.38. The fourth-order valence-electron chi connectivity index (χ4n) is 4.44. The second-order valence-electron chi connectivity index (χ2n) is 9.46. The second-order valence-corrected chi connectivity index (χ2v) is 9.87. The van der Waals surface area contributed by atoms with Gasteiger partial charge in [0.05, 0.1) is 29.0 Å². The number of benzene rings is 2. The zero-order valence-corrected chi connectivity index (χ0v) is 21.9. The molecule has 1 heterocycles. The van der Waals surface area contributed by atoms with Crippen molar-refractivity contribution in [3.8, 4) is 0 Å². The van der Waals surface area contributed by atoms with Gasteiger partial charge < -0.3 is 9.64 Å². The molecule has 2 aromatic carbocycles. The number of anilines is 1. The first kappa shape index (κ1) is 29.6. The van der Waals surface area contributed by atoms with Gasteiger partial charge in [0.15, 0.2) is 0 Å². The van der Waals surface area contributed by atoms with Crippen molar-refractivity contribution in [3.63, 3.8) is 0 Å². The van der Waals surface area contributed by atoms with Gasteiger partial charge >= 0.3 is 18.4 Å². The zero-order chi connectivity index (χ0) is 28.6. The third-order valence-corrected chi connectivity index (χ3v) is 6.56. The Labute approximate surface area is 221 Å². The van der Waals surface area contributed by atoms with E-state index in [1.807, 2.05) is 0 Å².